The van der Waals surface area contributed by atoms with E-state index in [1.807, 2.05) is 0 Å². The van der Waals surface area contributed by atoms with Crippen LogP contribution >= 0.6 is 11.6 Å². The van der Waals surface area contributed by atoms with Crippen molar-refractivity contribution in [3.63, 3.8) is 0 Å². The number of hydrogen-bond donors (Lipinski definition) is 0. The molecule has 0 aliphatic carbocycles. The fraction of sp³-hybridized carbons (Fsp3) is 0. The smallest absolute Gasteiger partial charge is 0.150 e. The van der Waals surface area contributed by atoms with Gasteiger partial charge in [-0.3, -0.25) is 4.79 Å². The van der Waals surface area contributed by atoms with E-state index in [4.69, 9.17) is 17.1 Å². The number of rotatable bonds is 2. The summed E-state index contributed by atoms with van der Waals surface area (Å²) in [5, 5.41) is 3.86. The molecule has 0 unspecified atom stereocenters. The van der Waals surface area contributed by atoms with E-state index < -0.39 is 0 Å². The molecule has 0 aliphatic rings. The summed E-state index contributed by atoms with van der Waals surface area (Å²) >= 11 is 5.71. The van der Waals surface area contributed by atoms with Crippen LogP contribution in [0.25, 0.3) is 10.4 Å². The second kappa shape index (κ2) is 3.98. The molecule has 64 valence electrons. The Bertz CT molecular complexity index is 401. The van der Waals surface area contributed by atoms with Gasteiger partial charge in [0.05, 0.1) is 0 Å². The highest BCUT2D eigenvalue weighted by molar-refractivity contribution is 6.39. The molecule has 0 heterocycles. The average Bonchev–Trinajstić information content (AvgIpc) is 2.09. The van der Waals surface area contributed by atoms with Gasteiger partial charge in [0.2, 0.25) is 0 Å². The first kappa shape index (κ1) is 9.64. The van der Waals surface area contributed by atoms with Crippen molar-refractivity contribution < 1.29 is 4.79 Å². The minimum atomic E-state index is 0.308. The Hall–Kier alpha value is -1.45. The monoisotopic (exact) mass is 193 g/mol. The van der Waals surface area contributed by atoms with E-state index in [0.717, 1.165) is 0 Å². The fourth-order valence-corrected chi connectivity index (χ4v) is 1.31. The molecule has 1 rings (SSSR count). The van der Waals surface area contributed by atoms with Gasteiger partial charge in [-0.1, -0.05) is 22.2 Å². The van der Waals surface area contributed by atoms with Crippen LogP contribution in [0.4, 0.5) is 5.69 Å². The Balaban J connectivity index is 3.46. The number of nitrogens with zero attached hydrogens (tertiary/aromatic N) is 3. The zero-order valence-corrected chi connectivity index (χ0v) is 7.62. The third-order valence-electron chi connectivity index (χ3n) is 1.57. The highest BCUT2D eigenvalue weighted by Crippen LogP contribution is 2.19. The number of benzene rings is 1. The summed E-state index contributed by atoms with van der Waals surface area (Å²) < 4.78 is 0. The third kappa shape index (κ3) is 2.02. The summed E-state index contributed by atoms with van der Waals surface area (Å²) in [4.78, 5) is 13.2. The summed E-state index contributed by atoms with van der Waals surface area (Å²) in [6.07, 6.45) is 0.614. The topological polar surface area (TPSA) is 65.8 Å². The van der Waals surface area contributed by atoms with Crippen molar-refractivity contribution in [2.75, 3.05) is 0 Å². The Morgan fingerprint density at radius 3 is 2.85 bits per heavy atom. The van der Waals surface area contributed by atoms with Crippen molar-refractivity contribution in [3.05, 3.63) is 33.2 Å². The van der Waals surface area contributed by atoms with Crippen molar-refractivity contribution in [3.8, 4) is 0 Å². The fourth-order valence-electron chi connectivity index (χ4n) is 1.03. The maximum atomic E-state index is 10.6. The van der Waals surface area contributed by atoms with E-state index in [2.05, 4.69) is 10.0 Å². The lowest BCUT2D eigenvalue weighted by Crippen LogP contribution is -2.04. The molecule has 0 aliphatic heterocycles. The zero-order valence-electron chi connectivity index (χ0n) is 6.86. The Morgan fingerprint density at radius 1 is 1.62 bits per heavy atom. The van der Waals surface area contributed by atoms with Crippen molar-refractivity contribution >= 4 is 36.9 Å². The predicted molar refractivity (Wildman–Crippen MR) is 53.8 cm³/mol. The van der Waals surface area contributed by atoms with Gasteiger partial charge in [0.25, 0.3) is 0 Å². The molecule has 0 saturated carbocycles. The first-order valence-electron chi connectivity index (χ1n) is 3.49. The molecule has 0 amide bonds. The molecule has 1 aromatic carbocycles. The molecular formula is C7H5BClN3O. The molecule has 0 spiro atoms. The van der Waals surface area contributed by atoms with Gasteiger partial charge in [0, 0.05) is 21.2 Å². The predicted octanol–water partition coefficient (Wildman–Crippen LogP) is 1.35. The maximum Gasteiger partial charge on any atom is 0.150 e. The minimum absolute atomic E-state index is 0.308. The van der Waals surface area contributed by atoms with Crippen molar-refractivity contribution in [1.29, 1.82) is 0 Å². The molecule has 4 nitrogen and oxygen atoms in total. The zero-order chi connectivity index (χ0) is 9.84. The van der Waals surface area contributed by atoms with E-state index in [1.54, 1.807) is 13.9 Å². The summed E-state index contributed by atoms with van der Waals surface area (Å²) in [5.74, 6) is 0. The van der Waals surface area contributed by atoms with E-state index in [0.29, 0.717) is 28.0 Å². The molecule has 0 fully saturated rings. The number of aldehydes is 1. The van der Waals surface area contributed by atoms with Gasteiger partial charge < -0.3 is 0 Å². The lowest BCUT2D eigenvalue weighted by molar-refractivity contribution is 0.112. The standard InChI is InChI=1S/C7H5BClN3O/c8-6-2-5(9)1-4(3-13)7(6)11-12-10/h1-3H,8H2. The van der Waals surface area contributed by atoms with Crippen LogP contribution in [-0.4, -0.2) is 14.1 Å². The number of carbonyl (C=O) groups excluding carboxylic acids is 1. The second-order valence-corrected chi connectivity index (χ2v) is 2.90. The van der Waals surface area contributed by atoms with Crippen LogP contribution in [0.15, 0.2) is 17.2 Å². The largest absolute Gasteiger partial charge is 0.298 e. The van der Waals surface area contributed by atoms with E-state index in [9.17, 15) is 4.79 Å². The van der Waals surface area contributed by atoms with Gasteiger partial charge >= 0.3 is 0 Å². The average molecular weight is 193 g/mol. The first-order valence-corrected chi connectivity index (χ1v) is 3.87. The highest BCUT2D eigenvalue weighted by Gasteiger charge is 2.04. The summed E-state index contributed by atoms with van der Waals surface area (Å²) in [6, 6.07) is 3.10. The van der Waals surface area contributed by atoms with Gasteiger partial charge in [-0.15, -0.1) is 0 Å². The van der Waals surface area contributed by atoms with Crippen LogP contribution in [0.3, 0.4) is 0 Å². The second-order valence-electron chi connectivity index (χ2n) is 2.47. The summed E-state index contributed by atoms with van der Waals surface area (Å²) in [6.45, 7) is 0. The molecule has 0 saturated heterocycles. The number of halogens is 1. The van der Waals surface area contributed by atoms with E-state index in [1.165, 1.54) is 6.07 Å². The SMILES string of the molecule is Bc1cc(Cl)cc(C=O)c1N=[N+]=[N-]. The number of azide groups is 1. The van der Waals surface area contributed by atoms with Gasteiger partial charge in [-0.05, 0) is 17.7 Å². The molecule has 0 aromatic heterocycles. The van der Waals surface area contributed by atoms with E-state index in [-0.39, 0.29) is 0 Å². The normalized spacial score (nSPS) is 9.00. The Kier molecular flexibility index (Phi) is 2.95. The number of hydrogen-bond acceptors (Lipinski definition) is 2. The third-order valence-corrected chi connectivity index (χ3v) is 1.78. The lowest BCUT2D eigenvalue weighted by Gasteiger charge is -2.02. The highest BCUT2D eigenvalue weighted by atomic mass is 35.5. The maximum absolute atomic E-state index is 10.6. The Morgan fingerprint density at radius 2 is 2.31 bits per heavy atom. The summed E-state index contributed by atoms with van der Waals surface area (Å²) in [7, 11) is 1.73. The van der Waals surface area contributed by atoms with Crippen LogP contribution in [0, 0.1) is 0 Å². The minimum Gasteiger partial charge on any atom is -0.298 e. The molecule has 13 heavy (non-hydrogen) atoms. The molecule has 6 heteroatoms. The van der Waals surface area contributed by atoms with Gasteiger partial charge in [0.1, 0.15) is 7.85 Å². The van der Waals surface area contributed by atoms with Crippen LogP contribution in [0.5, 0.6) is 0 Å². The van der Waals surface area contributed by atoms with Crippen LogP contribution < -0.4 is 5.46 Å². The molecular weight excluding hydrogens is 188 g/mol. The lowest BCUT2D eigenvalue weighted by atomic mass is 9.92. The molecule has 0 radical (unpaired) electrons. The van der Waals surface area contributed by atoms with Crippen molar-refractivity contribution in [2.24, 2.45) is 5.11 Å². The van der Waals surface area contributed by atoms with Crippen LogP contribution in [0.1, 0.15) is 10.4 Å². The van der Waals surface area contributed by atoms with Crippen LogP contribution in [0.2, 0.25) is 5.02 Å². The van der Waals surface area contributed by atoms with E-state index >= 15 is 0 Å². The molecule has 0 atom stereocenters. The molecule has 1 aromatic rings. The summed E-state index contributed by atoms with van der Waals surface area (Å²) in [5.41, 5.74) is 9.57. The van der Waals surface area contributed by atoms with Crippen LogP contribution in [-0.2, 0) is 0 Å². The molecule has 0 N–H and O–H groups in total. The van der Waals surface area contributed by atoms with Crippen molar-refractivity contribution in [1.82, 2.24) is 0 Å². The van der Waals surface area contributed by atoms with Crippen molar-refractivity contribution in [2.45, 2.75) is 0 Å². The Labute approximate surface area is 80.5 Å². The molecule has 0 bridgehead atoms. The van der Waals surface area contributed by atoms with Gasteiger partial charge in [-0.25, -0.2) is 0 Å². The quantitative estimate of drug-likeness (QED) is 0.230. The number of carbonyl (C=O) groups is 1. The van der Waals surface area contributed by atoms with Gasteiger partial charge in [-0.2, -0.15) is 0 Å². The first-order chi connectivity index (χ1) is 6.19. The van der Waals surface area contributed by atoms with Gasteiger partial charge in [0.15, 0.2) is 6.29 Å².